The van der Waals surface area contributed by atoms with Gasteiger partial charge in [0.05, 0.1) is 25.5 Å². The topological polar surface area (TPSA) is 64.8 Å². The summed E-state index contributed by atoms with van der Waals surface area (Å²) in [6.45, 7) is 8.61. The first-order valence-corrected chi connectivity index (χ1v) is 10.4. The summed E-state index contributed by atoms with van der Waals surface area (Å²) in [6.07, 6.45) is 2.70. The van der Waals surface area contributed by atoms with Gasteiger partial charge in [-0.25, -0.2) is 4.98 Å². The second-order valence-corrected chi connectivity index (χ2v) is 8.20. The normalized spacial score (nSPS) is 17.5. The highest BCUT2D eigenvalue weighted by molar-refractivity contribution is 5.81. The van der Waals surface area contributed by atoms with E-state index in [1.165, 1.54) is 0 Å². The maximum absolute atomic E-state index is 12.5. The van der Waals surface area contributed by atoms with Gasteiger partial charge in [-0.05, 0) is 44.4 Å². The zero-order chi connectivity index (χ0) is 21.0. The van der Waals surface area contributed by atoms with Crippen LogP contribution in [-0.4, -0.2) is 43.0 Å². The number of hydrogen-bond donors (Lipinski definition) is 0. The van der Waals surface area contributed by atoms with Gasteiger partial charge in [0.15, 0.2) is 11.5 Å². The molecule has 6 heteroatoms. The van der Waals surface area contributed by atoms with Crippen LogP contribution >= 0.6 is 0 Å². The molecule has 0 unspecified atom stereocenters. The quantitative estimate of drug-likeness (QED) is 0.650. The number of carbonyl (C=O) groups excluding carboxylic acids is 1. The minimum Gasteiger partial charge on any atom is -0.493 e. The van der Waals surface area contributed by atoms with Gasteiger partial charge < -0.3 is 13.9 Å². The largest absolute Gasteiger partial charge is 0.493 e. The van der Waals surface area contributed by atoms with E-state index in [0.29, 0.717) is 42.1 Å². The number of Topliss-reactive ketones (excluding diaryl/α,β-unsaturated/α-hetero) is 1. The molecule has 2 aromatic rings. The van der Waals surface area contributed by atoms with E-state index in [-0.39, 0.29) is 5.92 Å². The molecular weight excluding hydrogens is 368 g/mol. The zero-order valence-electron chi connectivity index (χ0n) is 18.2. The lowest BCUT2D eigenvalue weighted by Crippen LogP contribution is -2.38. The molecule has 158 valence electrons. The van der Waals surface area contributed by atoms with E-state index in [1.807, 2.05) is 25.1 Å². The number of hydrogen-bond acceptors (Lipinski definition) is 6. The van der Waals surface area contributed by atoms with Crippen LogP contribution in [0.2, 0.25) is 0 Å². The highest BCUT2D eigenvalue weighted by atomic mass is 16.5. The smallest absolute Gasteiger partial charge is 0.230 e. The van der Waals surface area contributed by atoms with Gasteiger partial charge in [-0.1, -0.05) is 19.9 Å². The Bertz CT molecular complexity index is 843. The molecule has 6 nitrogen and oxygen atoms in total. The van der Waals surface area contributed by atoms with Crippen molar-refractivity contribution in [3.05, 3.63) is 29.7 Å². The highest BCUT2D eigenvalue weighted by Gasteiger charge is 2.27. The Labute approximate surface area is 173 Å². The van der Waals surface area contributed by atoms with Gasteiger partial charge in [0.2, 0.25) is 5.89 Å². The number of carbonyl (C=O) groups is 1. The minimum atomic E-state index is 0.135. The Hall–Kier alpha value is -2.34. The van der Waals surface area contributed by atoms with Crippen LogP contribution in [0.3, 0.4) is 0 Å². The maximum atomic E-state index is 12.5. The summed E-state index contributed by atoms with van der Waals surface area (Å²) in [7, 11) is 3.22. The molecule has 0 spiro atoms. The molecule has 0 radical (unpaired) electrons. The first-order chi connectivity index (χ1) is 13.9. The minimum absolute atomic E-state index is 0.135. The van der Waals surface area contributed by atoms with Crippen molar-refractivity contribution in [2.75, 3.05) is 27.3 Å². The van der Waals surface area contributed by atoms with Crippen molar-refractivity contribution in [2.24, 2.45) is 11.8 Å². The van der Waals surface area contributed by atoms with Gasteiger partial charge in [0.25, 0.3) is 0 Å². The molecule has 0 N–H and O–H groups in total. The molecule has 0 bridgehead atoms. The third-order valence-corrected chi connectivity index (χ3v) is 5.47. The van der Waals surface area contributed by atoms with Crippen molar-refractivity contribution in [1.82, 2.24) is 9.88 Å². The van der Waals surface area contributed by atoms with Crippen LogP contribution < -0.4 is 9.47 Å². The molecule has 0 saturated carbocycles. The lowest BCUT2D eigenvalue weighted by atomic mass is 9.89. The predicted molar refractivity (Wildman–Crippen MR) is 112 cm³/mol. The molecule has 1 saturated heterocycles. The molecule has 1 aromatic heterocycles. The summed E-state index contributed by atoms with van der Waals surface area (Å²) < 4.78 is 16.9. The maximum Gasteiger partial charge on any atom is 0.230 e. The van der Waals surface area contributed by atoms with Crippen LogP contribution in [0.4, 0.5) is 0 Å². The number of benzene rings is 1. The monoisotopic (exact) mass is 400 g/mol. The molecule has 1 fully saturated rings. The Morgan fingerprint density at radius 1 is 1.31 bits per heavy atom. The van der Waals surface area contributed by atoms with Crippen molar-refractivity contribution >= 4 is 5.78 Å². The van der Waals surface area contributed by atoms with E-state index in [1.54, 1.807) is 14.2 Å². The molecule has 3 rings (SSSR count). The van der Waals surface area contributed by atoms with E-state index in [2.05, 4.69) is 18.7 Å². The van der Waals surface area contributed by atoms with Crippen LogP contribution in [0, 0.1) is 18.8 Å². The van der Waals surface area contributed by atoms with Crippen molar-refractivity contribution in [1.29, 1.82) is 0 Å². The Morgan fingerprint density at radius 3 is 2.79 bits per heavy atom. The number of methoxy groups -OCH3 is 2. The number of aryl methyl sites for hydroxylation is 1. The molecule has 0 aliphatic carbocycles. The molecule has 0 amide bonds. The number of ketones is 1. The summed E-state index contributed by atoms with van der Waals surface area (Å²) in [6, 6.07) is 5.66. The van der Waals surface area contributed by atoms with Crippen LogP contribution in [0.25, 0.3) is 11.5 Å². The second kappa shape index (κ2) is 9.44. The molecule has 29 heavy (non-hydrogen) atoms. The summed E-state index contributed by atoms with van der Waals surface area (Å²) >= 11 is 0. The molecule has 1 atom stereocenters. The Morgan fingerprint density at radius 2 is 2.10 bits per heavy atom. The van der Waals surface area contributed by atoms with Crippen molar-refractivity contribution in [3.8, 4) is 23.0 Å². The molecule has 1 aliphatic rings. The average molecular weight is 401 g/mol. The van der Waals surface area contributed by atoms with E-state index in [9.17, 15) is 4.79 Å². The molecule has 2 heterocycles. The Balaban J connectivity index is 1.75. The first-order valence-electron chi connectivity index (χ1n) is 10.4. The van der Waals surface area contributed by atoms with Crippen LogP contribution in [0.15, 0.2) is 22.6 Å². The number of aromatic nitrogens is 1. The fraction of sp³-hybridized carbons (Fsp3) is 0.565. The third-order valence-electron chi connectivity index (χ3n) is 5.47. The fourth-order valence-electron chi connectivity index (χ4n) is 3.99. The highest BCUT2D eigenvalue weighted by Crippen LogP contribution is 2.38. The predicted octanol–water partition coefficient (Wildman–Crippen LogP) is 4.49. The number of piperidine rings is 1. The lowest BCUT2D eigenvalue weighted by molar-refractivity contribution is -0.125. The van der Waals surface area contributed by atoms with E-state index in [0.717, 1.165) is 42.9 Å². The molecule has 1 aromatic carbocycles. The second-order valence-electron chi connectivity index (χ2n) is 8.20. The summed E-state index contributed by atoms with van der Waals surface area (Å²) in [5.74, 6) is 3.51. The number of rotatable bonds is 8. The van der Waals surface area contributed by atoms with Crippen molar-refractivity contribution in [3.63, 3.8) is 0 Å². The van der Waals surface area contributed by atoms with Gasteiger partial charge in [0, 0.05) is 25.4 Å². The van der Waals surface area contributed by atoms with E-state index in [4.69, 9.17) is 18.9 Å². The van der Waals surface area contributed by atoms with Crippen LogP contribution in [0.5, 0.6) is 11.5 Å². The van der Waals surface area contributed by atoms with Crippen LogP contribution in [0.1, 0.15) is 44.6 Å². The number of ether oxygens (including phenoxy) is 2. The van der Waals surface area contributed by atoms with E-state index >= 15 is 0 Å². The number of nitrogens with zero attached hydrogens (tertiary/aromatic N) is 2. The molecule has 1 aliphatic heterocycles. The standard InChI is InChI=1S/C23H32N2O4/c1-15(2)12-20(26)17-8-7-11-25(13-17)14-19-16(3)29-23(24-19)18-9-6-10-21(27-4)22(18)28-5/h6,9-10,15,17H,7-8,11-14H2,1-5H3/t17-/m1/s1. The number of likely N-dealkylation sites (tertiary alicyclic amines) is 1. The lowest BCUT2D eigenvalue weighted by Gasteiger charge is -2.31. The average Bonchev–Trinajstić information content (AvgIpc) is 3.07. The number of para-hydroxylation sites is 1. The first kappa shape index (κ1) is 21.4. The van der Waals surface area contributed by atoms with Gasteiger partial charge >= 0.3 is 0 Å². The SMILES string of the molecule is COc1cccc(-c2nc(CN3CCC[C@@H](C(=O)CC(C)C)C3)c(C)o2)c1OC. The summed E-state index contributed by atoms with van der Waals surface area (Å²) in [5.41, 5.74) is 1.67. The van der Waals surface area contributed by atoms with Gasteiger partial charge in [-0.3, -0.25) is 9.69 Å². The van der Waals surface area contributed by atoms with Gasteiger partial charge in [0.1, 0.15) is 11.5 Å². The van der Waals surface area contributed by atoms with Gasteiger partial charge in [-0.15, -0.1) is 0 Å². The van der Waals surface area contributed by atoms with E-state index < -0.39 is 0 Å². The molecular formula is C23H32N2O4. The zero-order valence-corrected chi connectivity index (χ0v) is 18.2. The summed E-state index contributed by atoms with van der Waals surface area (Å²) in [4.78, 5) is 19.6. The summed E-state index contributed by atoms with van der Waals surface area (Å²) in [5, 5.41) is 0. The van der Waals surface area contributed by atoms with Crippen molar-refractivity contribution in [2.45, 2.75) is 46.6 Å². The van der Waals surface area contributed by atoms with Gasteiger partial charge in [-0.2, -0.15) is 0 Å². The van der Waals surface area contributed by atoms with Crippen molar-refractivity contribution < 1.29 is 18.7 Å². The third kappa shape index (κ3) is 4.99. The Kier molecular flexibility index (Phi) is 6.96. The van der Waals surface area contributed by atoms with Crippen LogP contribution in [-0.2, 0) is 11.3 Å². The fourth-order valence-corrected chi connectivity index (χ4v) is 3.99. The number of oxazole rings is 1.